The van der Waals surface area contributed by atoms with Gasteiger partial charge in [0.05, 0.1) is 14.2 Å². The van der Waals surface area contributed by atoms with Crippen LogP contribution in [0.25, 0.3) is 0 Å². The third-order valence-electron chi connectivity index (χ3n) is 5.28. The van der Waals surface area contributed by atoms with E-state index in [1.807, 2.05) is 39.0 Å². The zero-order chi connectivity index (χ0) is 24.5. The summed E-state index contributed by atoms with van der Waals surface area (Å²) in [7, 11) is 3.15. The van der Waals surface area contributed by atoms with E-state index in [9.17, 15) is 9.59 Å². The molecule has 0 saturated heterocycles. The monoisotopic (exact) mass is 494 g/mol. The Labute approximate surface area is 206 Å². The summed E-state index contributed by atoms with van der Waals surface area (Å²) in [6.07, 6.45) is 1.15. The molecule has 2 aromatic carbocycles. The molecule has 0 heterocycles. The van der Waals surface area contributed by atoms with Gasteiger partial charge >= 0.3 is 0 Å². The lowest BCUT2D eigenvalue weighted by Crippen LogP contribution is -2.50. The summed E-state index contributed by atoms with van der Waals surface area (Å²) < 4.78 is 10.6. The number of hydrogen-bond acceptors (Lipinski definition) is 4. The summed E-state index contributed by atoms with van der Waals surface area (Å²) in [5.41, 5.74) is 1.55. The van der Waals surface area contributed by atoms with Gasteiger partial charge in [0.15, 0.2) is 11.5 Å². The van der Waals surface area contributed by atoms with Crippen molar-refractivity contribution in [3.63, 3.8) is 0 Å². The molecule has 1 atom stereocenters. The average Bonchev–Trinajstić information content (AvgIpc) is 2.78. The SMILES string of the molecule is CC[C@H](C(=O)NC(C)C)N(Cc1c(Cl)cccc1Cl)C(=O)CCc1ccc(OC)c(OC)c1. The number of halogens is 2. The molecule has 0 radical (unpaired) electrons. The number of nitrogens with one attached hydrogen (secondary N) is 1. The Morgan fingerprint density at radius 2 is 1.67 bits per heavy atom. The Balaban J connectivity index is 2.29. The molecule has 180 valence electrons. The fourth-order valence-electron chi connectivity index (χ4n) is 3.58. The highest BCUT2D eigenvalue weighted by molar-refractivity contribution is 6.36. The molecule has 2 rings (SSSR count). The van der Waals surface area contributed by atoms with Gasteiger partial charge in [0.2, 0.25) is 11.8 Å². The summed E-state index contributed by atoms with van der Waals surface area (Å²) in [6, 6.07) is 10.1. The standard InChI is InChI=1S/C25H32Cl2N2O4/c1-6-21(25(31)28-16(2)3)29(15-18-19(26)8-7-9-20(18)27)24(30)13-11-17-10-12-22(32-4)23(14-17)33-5/h7-10,12,14,16,21H,6,11,13,15H2,1-5H3,(H,28,31)/t21-/m1/s1. The molecule has 33 heavy (non-hydrogen) atoms. The van der Waals surface area contributed by atoms with Crippen LogP contribution in [0.2, 0.25) is 10.0 Å². The minimum atomic E-state index is -0.641. The summed E-state index contributed by atoms with van der Waals surface area (Å²) >= 11 is 12.8. The van der Waals surface area contributed by atoms with Crippen LogP contribution in [0.4, 0.5) is 0 Å². The first kappa shape index (κ1) is 26.8. The zero-order valence-corrected chi connectivity index (χ0v) is 21.3. The van der Waals surface area contributed by atoms with Gasteiger partial charge in [-0.1, -0.05) is 42.3 Å². The second kappa shape index (κ2) is 12.7. The van der Waals surface area contributed by atoms with Crippen LogP contribution in [0.3, 0.4) is 0 Å². The summed E-state index contributed by atoms with van der Waals surface area (Å²) in [5, 5.41) is 3.83. The van der Waals surface area contributed by atoms with Crippen molar-refractivity contribution in [2.24, 2.45) is 0 Å². The van der Waals surface area contributed by atoms with Crippen LogP contribution in [0, 0.1) is 0 Å². The Kier molecular flexibility index (Phi) is 10.3. The molecule has 0 bridgehead atoms. The largest absolute Gasteiger partial charge is 0.493 e. The average molecular weight is 495 g/mol. The topological polar surface area (TPSA) is 67.9 Å². The van der Waals surface area contributed by atoms with Crippen LogP contribution in [0.15, 0.2) is 36.4 Å². The highest BCUT2D eigenvalue weighted by Gasteiger charge is 2.29. The molecular weight excluding hydrogens is 463 g/mol. The van der Waals surface area contributed by atoms with Crippen LogP contribution < -0.4 is 14.8 Å². The van der Waals surface area contributed by atoms with Crippen molar-refractivity contribution in [2.45, 2.75) is 58.7 Å². The van der Waals surface area contributed by atoms with Crippen LogP contribution in [-0.2, 0) is 22.6 Å². The molecular formula is C25H32Cl2N2O4. The molecule has 0 unspecified atom stereocenters. The fourth-order valence-corrected chi connectivity index (χ4v) is 4.10. The van der Waals surface area contributed by atoms with Gasteiger partial charge in [-0.05, 0) is 56.5 Å². The van der Waals surface area contributed by atoms with Gasteiger partial charge in [-0.15, -0.1) is 0 Å². The second-order valence-electron chi connectivity index (χ2n) is 8.00. The van der Waals surface area contributed by atoms with Crippen molar-refractivity contribution in [3.05, 3.63) is 57.6 Å². The highest BCUT2D eigenvalue weighted by atomic mass is 35.5. The number of methoxy groups -OCH3 is 2. The van der Waals surface area contributed by atoms with Crippen LogP contribution >= 0.6 is 23.2 Å². The van der Waals surface area contributed by atoms with E-state index in [2.05, 4.69) is 5.32 Å². The minimum absolute atomic E-state index is 0.0424. The zero-order valence-electron chi connectivity index (χ0n) is 19.8. The molecule has 2 amide bonds. The lowest BCUT2D eigenvalue weighted by atomic mass is 10.1. The maximum absolute atomic E-state index is 13.4. The first-order valence-corrected chi connectivity index (χ1v) is 11.7. The number of ether oxygens (including phenoxy) is 2. The quantitative estimate of drug-likeness (QED) is 0.461. The van der Waals surface area contributed by atoms with E-state index in [0.717, 1.165) is 5.56 Å². The fraction of sp³-hybridized carbons (Fsp3) is 0.440. The smallest absolute Gasteiger partial charge is 0.243 e. The van der Waals surface area contributed by atoms with Gasteiger partial charge < -0.3 is 19.7 Å². The third kappa shape index (κ3) is 7.27. The highest BCUT2D eigenvalue weighted by Crippen LogP contribution is 2.29. The van der Waals surface area contributed by atoms with E-state index in [-0.39, 0.29) is 30.8 Å². The van der Waals surface area contributed by atoms with E-state index >= 15 is 0 Å². The van der Waals surface area contributed by atoms with Crippen molar-refractivity contribution in [2.75, 3.05) is 14.2 Å². The molecule has 0 aliphatic carbocycles. The molecule has 0 aliphatic heterocycles. The number of aryl methyl sites for hydroxylation is 1. The maximum Gasteiger partial charge on any atom is 0.243 e. The van der Waals surface area contributed by atoms with E-state index < -0.39 is 6.04 Å². The van der Waals surface area contributed by atoms with E-state index in [0.29, 0.717) is 39.9 Å². The molecule has 0 aromatic heterocycles. The number of carbonyl (C=O) groups is 2. The van der Waals surface area contributed by atoms with Crippen molar-refractivity contribution >= 4 is 35.0 Å². The Morgan fingerprint density at radius 1 is 1.03 bits per heavy atom. The van der Waals surface area contributed by atoms with Gasteiger partial charge in [-0.3, -0.25) is 9.59 Å². The number of nitrogens with zero attached hydrogens (tertiary/aromatic N) is 1. The first-order chi connectivity index (χ1) is 15.7. The lowest BCUT2D eigenvalue weighted by molar-refractivity contribution is -0.141. The van der Waals surface area contributed by atoms with Gasteiger partial charge in [-0.25, -0.2) is 0 Å². The van der Waals surface area contributed by atoms with Crippen molar-refractivity contribution in [1.29, 1.82) is 0 Å². The van der Waals surface area contributed by atoms with Gasteiger partial charge in [-0.2, -0.15) is 0 Å². The molecule has 0 fully saturated rings. The lowest BCUT2D eigenvalue weighted by Gasteiger charge is -2.32. The third-order valence-corrected chi connectivity index (χ3v) is 5.99. The molecule has 1 N–H and O–H groups in total. The van der Waals surface area contributed by atoms with E-state index in [1.54, 1.807) is 37.3 Å². The predicted octanol–water partition coefficient (Wildman–Crippen LogP) is 5.28. The minimum Gasteiger partial charge on any atom is -0.493 e. The number of carbonyl (C=O) groups excluding carboxylic acids is 2. The summed E-state index contributed by atoms with van der Waals surface area (Å²) in [4.78, 5) is 27.9. The van der Waals surface area contributed by atoms with Gasteiger partial charge in [0, 0.05) is 34.6 Å². The van der Waals surface area contributed by atoms with Crippen LogP contribution in [0.5, 0.6) is 11.5 Å². The normalized spacial score (nSPS) is 11.8. The summed E-state index contributed by atoms with van der Waals surface area (Å²) in [6.45, 7) is 5.80. The molecule has 8 heteroatoms. The number of rotatable bonds is 11. The Morgan fingerprint density at radius 3 is 2.21 bits per heavy atom. The number of hydrogen-bond donors (Lipinski definition) is 1. The van der Waals surface area contributed by atoms with Crippen molar-refractivity contribution in [1.82, 2.24) is 10.2 Å². The molecule has 0 spiro atoms. The second-order valence-corrected chi connectivity index (χ2v) is 8.81. The number of benzene rings is 2. The molecule has 0 saturated carbocycles. The van der Waals surface area contributed by atoms with E-state index in [4.69, 9.17) is 32.7 Å². The number of amides is 2. The van der Waals surface area contributed by atoms with Gasteiger partial charge in [0.1, 0.15) is 6.04 Å². The molecule has 0 aliphatic rings. The van der Waals surface area contributed by atoms with Crippen LogP contribution in [0.1, 0.15) is 44.7 Å². The molecule has 6 nitrogen and oxygen atoms in total. The Bertz CT molecular complexity index is 945. The summed E-state index contributed by atoms with van der Waals surface area (Å²) in [5.74, 6) is 0.866. The van der Waals surface area contributed by atoms with Crippen LogP contribution in [-0.4, -0.2) is 43.0 Å². The van der Waals surface area contributed by atoms with E-state index in [1.165, 1.54) is 0 Å². The Hall–Kier alpha value is -2.44. The first-order valence-electron chi connectivity index (χ1n) is 10.9. The van der Waals surface area contributed by atoms with Crippen molar-refractivity contribution < 1.29 is 19.1 Å². The maximum atomic E-state index is 13.4. The van der Waals surface area contributed by atoms with Gasteiger partial charge in [0.25, 0.3) is 0 Å². The van der Waals surface area contributed by atoms with Crippen molar-refractivity contribution in [3.8, 4) is 11.5 Å². The molecule has 2 aromatic rings. The predicted molar refractivity (Wildman–Crippen MR) is 132 cm³/mol.